The minimum atomic E-state index is -4.57. The van der Waals surface area contributed by atoms with E-state index in [2.05, 4.69) is 5.32 Å². The third kappa shape index (κ3) is 3.52. The first kappa shape index (κ1) is 15.8. The minimum absolute atomic E-state index is 0.0503. The smallest absolute Gasteiger partial charge is 0.326 e. The van der Waals surface area contributed by atoms with Gasteiger partial charge in [0, 0.05) is 18.1 Å². The second-order valence-electron chi connectivity index (χ2n) is 4.63. The van der Waals surface area contributed by atoms with E-state index in [0.717, 1.165) is 18.2 Å². The number of rotatable bonds is 3. The number of ketones is 1. The molecular formula is C16H12F3NO2. The monoisotopic (exact) mass is 307 g/mol. The van der Waals surface area contributed by atoms with Gasteiger partial charge in [-0.05, 0) is 18.2 Å². The van der Waals surface area contributed by atoms with Crippen molar-refractivity contribution >= 4 is 17.4 Å². The minimum Gasteiger partial charge on any atom is -0.326 e. The van der Waals surface area contributed by atoms with Gasteiger partial charge >= 0.3 is 6.18 Å². The van der Waals surface area contributed by atoms with Gasteiger partial charge in [-0.25, -0.2) is 0 Å². The zero-order chi connectivity index (χ0) is 16.3. The Labute approximate surface area is 124 Å². The van der Waals surface area contributed by atoms with Crippen LogP contribution in [0.3, 0.4) is 0 Å². The van der Waals surface area contributed by atoms with Crippen LogP contribution in [0.1, 0.15) is 28.4 Å². The molecule has 0 aliphatic heterocycles. The van der Waals surface area contributed by atoms with E-state index in [4.69, 9.17) is 0 Å². The van der Waals surface area contributed by atoms with Crippen molar-refractivity contribution < 1.29 is 22.8 Å². The maximum absolute atomic E-state index is 12.8. The summed E-state index contributed by atoms with van der Waals surface area (Å²) < 4.78 is 38.5. The van der Waals surface area contributed by atoms with Crippen LogP contribution in [-0.4, -0.2) is 11.7 Å². The zero-order valence-corrected chi connectivity index (χ0v) is 11.6. The quantitative estimate of drug-likeness (QED) is 0.874. The van der Waals surface area contributed by atoms with Crippen molar-refractivity contribution in [2.45, 2.75) is 13.1 Å². The molecule has 0 aromatic heterocycles. The Morgan fingerprint density at radius 2 is 1.64 bits per heavy atom. The van der Waals surface area contributed by atoms with Gasteiger partial charge in [-0.1, -0.05) is 30.3 Å². The number of alkyl halides is 3. The summed E-state index contributed by atoms with van der Waals surface area (Å²) >= 11 is 0. The Balaban J connectivity index is 2.54. The number of amides is 1. The number of halogens is 3. The van der Waals surface area contributed by atoms with Gasteiger partial charge < -0.3 is 5.32 Å². The number of hydrogen-bond donors (Lipinski definition) is 1. The maximum atomic E-state index is 12.8. The van der Waals surface area contributed by atoms with Crippen LogP contribution in [0, 0.1) is 0 Å². The highest BCUT2D eigenvalue weighted by Gasteiger charge is 2.32. The Morgan fingerprint density at radius 3 is 2.18 bits per heavy atom. The molecule has 0 unspecified atom stereocenters. The lowest BCUT2D eigenvalue weighted by Crippen LogP contribution is -2.14. The SMILES string of the molecule is CC(=O)Nc1ccc(C(F)(F)F)cc1C(=O)c1ccccc1. The lowest BCUT2D eigenvalue weighted by Gasteiger charge is -2.13. The molecule has 3 nitrogen and oxygen atoms in total. The maximum Gasteiger partial charge on any atom is 0.416 e. The van der Waals surface area contributed by atoms with Gasteiger partial charge in [-0.15, -0.1) is 0 Å². The average Bonchev–Trinajstić information content (AvgIpc) is 2.46. The molecule has 6 heteroatoms. The molecule has 0 fully saturated rings. The third-order valence-corrected chi connectivity index (χ3v) is 2.94. The van der Waals surface area contributed by atoms with Crippen molar-refractivity contribution in [3.63, 3.8) is 0 Å². The van der Waals surface area contributed by atoms with Crippen molar-refractivity contribution in [2.24, 2.45) is 0 Å². The second-order valence-corrected chi connectivity index (χ2v) is 4.63. The Kier molecular flexibility index (Phi) is 4.30. The zero-order valence-electron chi connectivity index (χ0n) is 11.6. The standard InChI is InChI=1S/C16H12F3NO2/c1-10(21)20-14-8-7-12(16(17,18)19)9-13(14)15(22)11-5-3-2-4-6-11/h2-9H,1H3,(H,20,21). The highest BCUT2D eigenvalue weighted by atomic mass is 19.4. The summed E-state index contributed by atoms with van der Waals surface area (Å²) in [5.41, 5.74) is -0.847. The molecule has 2 aromatic carbocycles. The van der Waals surface area contributed by atoms with Gasteiger partial charge in [0.25, 0.3) is 0 Å². The molecule has 0 radical (unpaired) electrons. The van der Waals surface area contributed by atoms with E-state index >= 15 is 0 Å². The Bertz CT molecular complexity index is 709. The summed E-state index contributed by atoms with van der Waals surface area (Å²) in [4.78, 5) is 23.6. The fourth-order valence-corrected chi connectivity index (χ4v) is 1.95. The van der Waals surface area contributed by atoms with Gasteiger partial charge in [-0.2, -0.15) is 13.2 Å². The summed E-state index contributed by atoms with van der Waals surface area (Å²) in [5, 5.41) is 2.38. The molecule has 0 aliphatic rings. The van der Waals surface area contributed by atoms with E-state index in [9.17, 15) is 22.8 Å². The molecule has 0 aliphatic carbocycles. The number of anilines is 1. The molecule has 114 valence electrons. The van der Waals surface area contributed by atoms with Crippen molar-refractivity contribution in [2.75, 3.05) is 5.32 Å². The molecule has 0 spiro atoms. The average molecular weight is 307 g/mol. The van der Waals surface area contributed by atoms with E-state index in [0.29, 0.717) is 0 Å². The van der Waals surface area contributed by atoms with Crippen molar-refractivity contribution in [1.29, 1.82) is 0 Å². The Hall–Kier alpha value is -2.63. The van der Waals surface area contributed by atoms with Gasteiger partial charge in [0.05, 0.1) is 11.3 Å². The van der Waals surface area contributed by atoms with Gasteiger partial charge in [0.2, 0.25) is 5.91 Å². The first-order valence-electron chi connectivity index (χ1n) is 6.37. The van der Waals surface area contributed by atoms with Crippen LogP contribution in [0.4, 0.5) is 18.9 Å². The summed E-state index contributed by atoms with van der Waals surface area (Å²) in [5.74, 6) is -1.06. The van der Waals surface area contributed by atoms with Crippen LogP contribution in [0.25, 0.3) is 0 Å². The molecule has 0 bridgehead atoms. The number of benzene rings is 2. The van der Waals surface area contributed by atoms with Crippen LogP contribution in [0.2, 0.25) is 0 Å². The molecule has 1 N–H and O–H groups in total. The number of carbonyl (C=O) groups is 2. The largest absolute Gasteiger partial charge is 0.416 e. The lowest BCUT2D eigenvalue weighted by molar-refractivity contribution is -0.137. The van der Waals surface area contributed by atoms with Gasteiger partial charge in [0.15, 0.2) is 5.78 Å². The summed E-state index contributed by atoms with van der Waals surface area (Å²) in [6.45, 7) is 1.22. The topological polar surface area (TPSA) is 46.2 Å². The number of hydrogen-bond acceptors (Lipinski definition) is 2. The summed E-state index contributed by atoms with van der Waals surface area (Å²) in [6, 6.07) is 10.6. The normalized spacial score (nSPS) is 11.1. The van der Waals surface area contributed by atoms with E-state index in [1.165, 1.54) is 19.1 Å². The highest BCUT2D eigenvalue weighted by Crippen LogP contribution is 2.32. The molecule has 0 atom stereocenters. The van der Waals surface area contributed by atoms with Crippen molar-refractivity contribution in [3.8, 4) is 0 Å². The number of carbonyl (C=O) groups excluding carboxylic acids is 2. The summed E-state index contributed by atoms with van der Waals surface area (Å²) in [6.07, 6.45) is -4.57. The highest BCUT2D eigenvalue weighted by molar-refractivity contribution is 6.13. The van der Waals surface area contributed by atoms with Gasteiger partial charge in [-0.3, -0.25) is 9.59 Å². The van der Waals surface area contributed by atoms with Crippen LogP contribution in [0.15, 0.2) is 48.5 Å². The molecule has 0 heterocycles. The van der Waals surface area contributed by atoms with Crippen LogP contribution >= 0.6 is 0 Å². The van der Waals surface area contributed by atoms with E-state index < -0.39 is 23.4 Å². The Morgan fingerprint density at radius 1 is 1.00 bits per heavy atom. The molecule has 2 aromatic rings. The molecule has 22 heavy (non-hydrogen) atoms. The second kappa shape index (κ2) is 6.01. The van der Waals surface area contributed by atoms with Gasteiger partial charge in [0.1, 0.15) is 0 Å². The summed E-state index contributed by atoms with van der Waals surface area (Å²) in [7, 11) is 0. The number of nitrogens with one attached hydrogen (secondary N) is 1. The van der Waals surface area contributed by atoms with Crippen molar-refractivity contribution in [1.82, 2.24) is 0 Å². The third-order valence-electron chi connectivity index (χ3n) is 2.94. The molecule has 0 saturated carbocycles. The van der Waals surface area contributed by atoms with Crippen LogP contribution < -0.4 is 5.32 Å². The van der Waals surface area contributed by atoms with E-state index in [-0.39, 0.29) is 16.8 Å². The lowest BCUT2D eigenvalue weighted by atomic mass is 9.99. The molecule has 0 saturated heterocycles. The van der Waals surface area contributed by atoms with E-state index in [1.807, 2.05) is 0 Å². The fourth-order valence-electron chi connectivity index (χ4n) is 1.95. The predicted molar refractivity (Wildman–Crippen MR) is 75.6 cm³/mol. The first-order chi connectivity index (χ1) is 10.3. The van der Waals surface area contributed by atoms with Crippen molar-refractivity contribution in [3.05, 3.63) is 65.2 Å². The van der Waals surface area contributed by atoms with Crippen LogP contribution in [-0.2, 0) is 11.0 Å². The molecule has 2 rings (SSSR count). The first-order valence-corrected chi connectivity index (χ1v) is 6.37. The molecular weight excluding hydrogens is 295 g/mol. The van der Waals surface area contributed by atoms with Crippen LogP contribution in [0.5, 0.6) is 0 Å². The predicted octanol–water partition coefficient (Wildman–Crippen LogP) is 3.89. The fraction of sp³-hybridized carbons (Fsp3) is 0.125. The van der Waals surface area contributed by atoms with E-state index in [1.54, 1.807) is 18.2 Å². The molecule has 1 amide bonds.